The summed E-state index contributed by atoms with van der Waals surface area (Å²) >= 11 is 6.08. The molecule has 0 aromatic heterocycles. The molecule has 0 aliphatic carbocycles. The number of hydrazine groups is 1. The number of rotatable bonds is 1. The number of likely N-dealkylation sites (N-methyl/N-ethyl adjacent to an activating group) is 1. The average Bonchev–Trinajstić information content (AvgIpc) is 2.87. The Morgan fingerprint density at radius 1 is 1.25 bits per heavy atom. The van der Waals surface area contributed by atoms with Crippen LogP contribution in [0.25, 0.3) is 5.57 Å². The first-order valence-corrected chi connectivity index (χ1v) is 7.25. The fraction of sp³-hybridized carbons (Fsp3) is 0.154. The van der Waals surface area contributed by atoms with Crippen molar-refractivity contribution in [3.05, 3.63) is 34.7 Å². The number of nitrogens with zero attached hydrogens (tertiary/aromatic N) is 2. The highest BCUT2D eigenvalue weighted by molar-refractivity contribution is 8.26. The van der Waals surface area contributed by atoms with Gasteiger partial charge in [-0.05, 0) is 13.0 Å². The van der Waals surface area contributed by atoms with E-state index in [1.807, 2.05) is 31.2 Å². The molecule has 0 atom stereocenters. The summed E-state index contributed by atoms with van der Waals surface area (Å²) in [6.07, 6.45) is 0. The van der Waals surface area contributed by atoms with Crippen LogP contribution in [0.2, 0.25) is 0 Å². The molecule has 0 spiro atoms. The number of hydrogen-bond donors (Lipinski definition) is 1. The topological polar surface area (TPSA) is 66.6 Å². The molecule has 7 heteroatoms. The van der Waals surface area contributed by atoms with E-state index in [1.54, 1.807) is 4.90 Å². The molecule has 2 heterocycles. The number of fused-ring (bicyclic) bond motifs is 1. The third-order valence-electron chi connectivity index (χ3n) is 3.27. The van der Waals surface area contributed by atoms with E-state index in [1.165, 1.54) is 0 Å². The van der Waals surface area contributed by atoms with E-state index >= 15 is 0 Å². The minimum atomic E-state index is -0.420. The lowest BCUT2D eigenvalue weighted by molar-refractivity contribution is -0.122. The second kappa shape index (κ2) is 4.69. The van der Waals surface area contributed by atoms with Gasteiger partial charge in [0.05, 0.1) is 16.2 Å². The first kappa shape index (κ1) is 13.3. The van der Waals surface area contributed by atoms with Crippen LogP contribution in [-0.4, -0.2) is 27.7 Å². The van der Waals surface area contributed by atoms with Crippen molar-refractivity contribution < 1.29 is 9.59 Å². The van der Waals surface area contributed by atoms with Crippen molar-refractivity contribution in [1.82, 2.24) is 5.01 Å². The molecule has 3 rings (SSSR count). The van der Waals surface area contributed by atoms with E-state index in [2.05, 4.69) is 0 Å². The standard InChI is InChI=1S/C13H11N3O2S2/c1-2-15-8-6-4-3-5-7(8)9(11(15)17)10-12(18)16(14)13(19)20-10/h3-6H,2,14H2,1H3. The van der Waals surface area contributed by atoms with Crippen LogP contribution in [0.1, 0.15) is 12.5 Å². The second-order valence-corrected chi connectivity index (χ2v) is 5.96. The minimum Gasteiger partial charge on any atom is -0.308 e. The van der Waals surface area contributed by atoms with Gasteiger partial charge in [0.2, 0.25) is 0 Å². The van der Waals surface area contributed by atoms with E-state index in [0.717, 1.165) is 28.0 Å². The molecule has 2 aliphatic rings. The number of anilines is 1. The third kappa shape index (κ3) is 1.71. The fourth-order valence-electron chi connectivity index (χ4n) is 2.34. The van der Waals surface area contributed by atoms with E-state index in [0.29, 0.717) is 17.0 Å². The number of thioether (sulfide) groups is 1. The Morgan fingerprint density at radius 2 is 1.95 bits per heavy atom. The van der Waals surface area contributed by atoms with Gasteiger partial charge in [0.1, 0.15) is 0 Å². The maximum atomic E-state index is 12.5. The van der Waals surface area contributed by atoms with Crippen LogP contribution in [0.4, 0.5) is 5.69 Å². The molecule has 1 saturated heterocycles. The number of para-hydroxylation sites is 1. The number of benzene rings is 1. The number of hydrogen-bond acceptors (Lipinski definition) is 5. The van der Waals surface area contributed by atoms with Gasteiger partial charge in [-0.1, -0.05) is 42.2 Å². The van der Waals surface area contributed by atoms with Gasteiger partial charge in [0, 0.05) is 12.1 Å². The summed E-state index contributed by atoms with van der Waals surface area (Å²) in [6.45, 7) is 2.44. The molecular formula is C13H11N3O2S2. The summed E-state index contributed by atoms with van der Waals surface area (Å²) in [5.74, 6) is 4.98. The quantitative estimate of drug-likeness (QED) is 0.369. The summed E-state index contributed by atoms with van der Waals surface area (Å²) in [7, 11) is 0. The van der Waals surface area contributed by atoms with E-state index in [9.17, 15) is 9.59 Å². The first-order chi connectivity index (χ1) is 9.56. The van der Waals surface area contributed by atoms with Crippen molar-refractivity contribution in [2.75, 3.05) is 11.4 Å². The summed E-state index contributed by atoms with van der Waals surface area (Å²) in [6, 6.07) is 7.41. The highest BCUT2D eigenvalue weighted by Crippen LogP contribution is 2.43. The molecule has 2 N–H and O–H groups in total. The molecule has 102 valence electrons. The number of carbonyl (C=O) groups excluding carboxylic acids is 2. The van der Waals surface area contributed by atoms with Gasteiger partial charge in [-0.15, -0.1) is 0 Å². The van der Waals surface area contributed by atoms with Gasteiger partial charge in [-0.25, -0.2) is 10.9 Å². The molecule has 1 fully saturated rings. The largest absolute Gasteiger partial charge is 0.308 e. The zero-order chi connectivity index (χ0) is 14.4. The molecule has 0 bridgehead atoms. The van der Waals surface area contributed by atoms with Crippen molar-refractivity contribution in [1.29, 1.82) is 0 Å². The number of amides is 2. The van der Waals surface area contributed by atoms with Gasteiger partial charge in [-0.2, -0.15) is 0 Å². The SMILES string of the molecule is CCN1C(=O)C(=C2SC(=S)N(N)C2=O)c2ccccc21. The molecule has 0 unspecified atom stereocenters. The smallest absolute Gasteiger partial charge is 0.281 e. The summed E-state index contributed by atoms with van der Waals surface area (Å²) in [5.41, 5.74) is 1.97. The van der Waals surface area contributed by atoms with Crippen molar-refractivity contribution in [2.45, 2.75) is 6.92 Å². The summed E-state index contributed by atoms with van der Waals surface area (Å²) < 4.78 is 0.262. The normalized spacial score (nSPS) is 22.0. The maximum absolute atomic E-state index is 12.5. The molecule has 2 aliphatic heterocycles. The summed E-state index contributed by atoms with van der Waals surface area (Å²) in [4.78, 5) is 26.6. The fourth-order valence-corrected chi connectivity index (χ4v) is 3.52. The molecule has 5 nitrogen and oxygen atoms in total. The van der Waals surface area contributed by atoms with Gasteiger partial charge in [-0.3, -0.25) is 9.59 Å². The molecule has 20 heavy (non-hydrogen) atoms. The van der Waals surface area contributed by atoms with Crippen LogP contribution >= 0.6 is 24.0 Å². The monoisotopic (exact) mass is 305 g/mol. The van der Waals surface area contributed by atoms with E-state index in [4.69, 9.17) is 18.1 Å². The van der Waals surface area contributed by atoms with Gasteiger partial charge >= 0.3 is 0 Å². The minimum absolute atomic E-state index is 0.178. The molecule has 1 aromatic rings. The Labute approximate surface area is 125 Å². The van der Waals surface area contributed by atoms with Crippen LogP contribution < -0.4 is 10.7 Å². The molecule has 1 aromatic carbocycles. The van der Waals surface area contributed by atoms with Crippen molar-refractivity contribution in [3.63, 3.8) is 0 Å². The van der Waals surface area contributed by atoms with E-state index < -0.39 is 5.91 Å². The molecule has 2 amide bonds. The maximum Gasteiger partial charge on any atom is 0.281 e. The van der Waals surface area contributed by atoms with Crippen LogP contribution in [0.15, 0.2) is 29.2 Å². The molecule has 0 radical (unpaired) electrons. The van der Waals surface area contributed by atoms with Crippen LogP contribution in [0, 0.1) is 0 Å². The number of nitrogens with two attached hydrogens (primary N) is 1. The third-order valence-corrected chi connectivity index (χ3v) is 4.67. The van der Waals surface area contributed by atoms with Crippen molar-refractivity contribution in [3.8, 4) is 0 Å². The Kier molecular flexibility index (Phi) is 3.12. The van der Waals surface area contributed by atoms with E-state index in [-0.39, 0.29) is 10.2 Å². The Balaban J connectivity index is 2.23. The van der Waals surface area contributed by atoms with Crippen LogP contribution in [-0.2, 0) is 9.59 Å². The van der Waals surface area contributed by atoms with Crippen molar-refractivity contribution in [2.24, 2.45) is 5.84 Å². The average molecular weight is 305 g/mol. The molecular weight excluding hydrogens is 294 g/mol. The second-order valence-electron chi connectivity index (χ2n) is 4.31. The number of carbonyl (C=O) groups is 2. The lowest BCUT2D eigenvalue weighted by Gasteiger charge is -2.13. The number of thiocarbonyl (C=S) groups is 1. The van der Waals surface area contributed by atoms with Crippen LogP contribution in [0.5, 0.6) is 0 Å². The first-order valence-electron chi connectivity index (χ1n) is 6.02. The van der Waals surface area contributed by atoms with Crippen LogP contribution in [0.3, 0.4) is 0 Å². The highest BCUT2D eigenvalue weighted by Gasteiger charge is 2.40. The Bertz CT molecular complexity index is 684. The Hall–Kier alpha value is -1.70. The van der Waals surface area contributed by atoms with Crippen molar-refractivity contribution >= 4 is 51.4 Å². The highest BCUT2D eigenvalue weighted by atomic mass is 32.2. The van der Waals surface area contributed by atoms with Gasteiger partial charge < -0.3 is 4.90 Å². The zero-order valence-corrected chi connectivity index (χ0v) is 12.3. The van der Waals surface area contributed by atoms with Gasteiger partial charge in [0.15, 0.2) is 4.32 Å². The predicted molar refractivity (Wildman–Crippen MR) is 82.6 cm³/mol. The van der Waals surface area contributed by atoms with Gasteiger partial charge in [0.25, 0.3) is 11.8 Å². The lowest BCUT2D eigenvalue weighted by Crippen LogP contribution is -2.35. The summed E-state index contributed by atoms with van der Waals surface area (Å²) in [5, 5.41) is 0.910. The Morgan fingerprint density at radius 3 is 2.55 bits per heavy atom. The molecule has 0 saturated carbocycles. The predicted octanol–water partition coefficient (Wildman–Crippen LogP) is 1.50. The lowest BCUT2D eigenvalue weighted by atomic mass is 10.1. The zero-order valence-electron chi connectivity index (χ0n) is 10.6.